The summed E-state index contributed by atoms with van der Waals surface area (Å²) >= 11 is 0. The molecule has 2 aliphatic carbocycles. The first-order chi connectivity index (χ1) is 13.5. The molecule has 0 spiro atoms. The third-order valence-corrected chi connectivity index (χ3v) is 7.25. The maximum absolute atomic E-state index is 10.7. The van der Waals surface area contributed by atoms with Crippen molar-refractivity contribution in [1.82, 2.24) is 0 Å². The molecule has 28 heavy (non-hydrogen) atoms. The predicted octanol–water partition coefficient (Wildman–Crippen LogP) is 3.92. The Bertz CT molecular complexity index is 513. The highest BCUT2D eigenvalue weighted by atomic mass is 16.5. The van der Waals surface area contributed by atoms with Gasteiger partial charge in [-0.25, -0.2) is 0 Å². The second kappa shape index (κ2) is 10.7. The standard InChI is InChI=1S/C23H38O5/c24-18(10-8-16-4-1-2-5-16)11-13-19-20-12-9-17(6-3-7-23(26)27)15-28-22(20)14-21(19)25/h11,13,16-22,24-25H,1-10,12,14-15H2,(H,26,27)/b13-11+/t17?,18?,19?,20-,21-,22+/m1/s1. The van der Waals surface area contributed by atoms with Gasteiger partial charge in [-0.1, -0.05) is 37.8 Å². The fourth-order valence-corrected chi connectivity index (χ4v) is 5.54. The Hall–Kier alpha value is -0.910. The summed E-state index contributed by atoms with van der Waals surface area (Å²) in [7, 11) is 0. The van der Waals surface area contributed by atoms with Gasteiger partial charge in [-0.3, -0.25) is 4.79 Å². The summed E-state index contributed by atoms with van der Waals surface area (Å²) in [4.78, 5) is 10.7. The van der Waals surface area contributed by atoms with Gasteiger partial charge in [0.25, 0.3) is 0 Å². The molecule has 1 aliphatic heterocycles. The minimum Gasteiger partial charge on any atom is -0.481 e. The van der Waals surface area contributed by atoms with E-state index in [-0.39, 0.29) is 18.4 Å². The van der Waals surface area contributed by atoms with Crippen LogP contribution in [-0.2, 0) is 9.53 Å². The van der Waals surface area contributed by atoms with E-state index < -0.39 is 18.2 Å². The summed E-state index contributed by atoms with van der Waals surface area (Å²) in [5.41, 5.74) is 0. The number of hydrogen-bond donors (Lipinski definition) is 3. The van der Waals surface area contributed by atoms with Crippen molar-refractivity contribution in [3.8, 4) is 0 Å². The Morgan fingerprint density at radius 2 is 1.89 bits per heavy atom. The molecule has 0 aromatic carbocycles. The summed E-state index contributed by atoms with van der Waals surface area (Å²) in [6.07, 6.45) is 15.0. The van der Waals surface area contributed by atoms with Crippen LogP contribution >= 0.6 is 0 Å². The zero-order valence-corrected chi connectivity index (χ0v) is 17.0. The Kier molecular flexibility index (Phi) is 8.36. The van der Waals surface area contributed by atoms with E-state index in [0.717, 1.165) is 38.0 Å². The SMILES string of the molecule is O=C(O)CCCC1CC[C@@H]2C(/C=C/C(O)CCC3CCCC3)[C@H](O)C[C@@H]2OC1. The minimum atomic E-state index is -0.730. The van der Waals surface area contributed by atoms with Gasteiger partial charge in [0.2, 0.25) is 0 Å². The van der Waals surface area contributed by atoms with Gasteiger partial charge in [-0.05, 0) is 56.3 Å². The zero-order chi connectivity index (χ0) is 19.9. The Morgan fingerprint density at radius 1 is 1.11 bits per heavy atom. The van der Waals surface area contributed by atoms with Gasteiger partial charge >= 0.3 is 5.97 Å². The average Bonchev–Trinajstić information content (AvgIpc) is 3.23. The van der Waals surface area contributed by atoms with Gasteiger partial charge in [-0.15, -0.1) is 0 Å². The first kappa shape index (κ1) is 21.8. The lowest BCUT2D eigenvalue weighted by atomic mass is 9.86. The summed E-state index contributed by atoms with van der Waals surface area (Å²) in [5.74, 6) is 0.842. The van der Waals surface area contributed by atoms with Crippen molar-refractivity contribution in [2.24, 2.45) is 23.7 Å². The number of carboxylic acids is 1. The molecule has 1 heterocycles. The zero-order valence-electron chi connectivity index (χ0n) is 17.0. The van der Waals surface area contributed by atoms with E-state index >= 15 is 0 Å². The second-order valence-corrected chi connectivity index (χ2v) is 9.33. The molecular formula is C23H38O5. The molecule has 160 valence electrons. The third-order valence-electron chi connectivity index (χ3n) is 7.25. The van der Waals surface area contributed by atoms with Crippen LogP contribution in [0, 0.1) is 23.7 Å². The lowest BCUT2D eigenvalue weighted by Crippen LogP contribution is -2.21. The van der Waals surface area contributed by atoms with Crippen LogP contribution in [0.4, 0.5) is 0 Å². The van der Waals surface area contributed by atoms with Crippen molar-refractivity contribution in [1.29, 1.82) is 0 Å². The quantitative estimate of drug-likeness (QED) is 0.516. The van der Waals surface area contributed by atoms with Gasteiger partial charge in [-0.2, -0.15) is 0 Å². The van der Waals surface area contributed by atoms with Gasteiger partial charge < -0.3 is 20.1 Å². The Balaban J connectivity index is 1.46. The monoisotopic (exact) mass is 394 g/mol. The number of carboxylic acid groups (broad SMARTS) is 1. The first-order valence-electron chi connectivity index (χ1n) is 11.4. The van der Waals surface area contributed by atoms with Crippen LogP contribution in [0.25, 0.3) is 0 Å². The van der Waals surface area contributed by atoms with Crippen molar-refractivity contribution in [2.75, 3.05) is 6.61 Å². The maximum atomic E-state index is 10.7. The lowest BCUT2D eigenvalue weighted by Gasteiger charge is -2.21. The molecule has 5 heteroatoms. The van der Waals surface area contributed by atoms with Crippen LogP contribution in [0.5, 0.6) is 0 Å². The van der Waals surface area contributed by atoms with Crippen molar-refractivity contribution in [2.45, 2.75) is 95.4 Å². The van der Waals surface area contributed by atoms with E-state index in [1.807, 2.05) is 12.2 Å². The number of rotatable bonds is 9. The van der Waals surface area contributed by atoms with Gasteiger partial charge in [0.1, 0.15) is 0 Å². The Morgan fingerprint density at radius 3 is 2.64 bits per heavy atom. The van der Waals surface area contributed by atoms with Crippen molar-refractivity contribution >= 4 is 5.97 Å². The third kappa shape index (κ3) is 6.30. The van der Waals surface area contributed by atoms with Gasteiger partial charge in [0.05, 0.1) is 18.3 Å². The molecule has 2 saturated carbocycles. The summed E-state index contributed by atoms with van der Waals surface area (Å²) in [5, 5.41) is 29.7. The largest absolute Gasteiger partial charge is 0.481 e. The summed E-state index contributed by atoms with van der Waals surface area (Å²) in [6.45, 7) is 0.675. The van der Waals surface area contributed by atoms with E-state index in [9.17, 15) is 15.0 Å². The molecule has 3 N–H and O–H groups in total. The number of aliphatic hydroxyl groups is 2. The topological polar surface area (TPSA) is 87.0 Å². The number of carbonyl (C=O) groups is 1. The van der Waals surface area contributed by atoms with Crippen LogP contribution in [-0.4, -0.2) is 46.2 Å². The molecule has 3 rings (SSSR count). The fourth-order valence-electron chi connectivity index (χ4n) is 5.54. The van der Waals surface area contributed by atoms with E-state index in [4.69, 9.17) is 9.84 Å². The van der Waals surface area contributed by atoms with Crippen LogP contribution in [0.15, 0.2) is 12.2 Å². The predicted molar refractivity (Wildman–Crippen MR) is 108 cm³/mol. The molecule has 3 aliphatic rings. The second-order valence-electron chi connectivity index (χ2n) is 9.33. The highest BCUT2D eigenvalue weighted by molar-refractivity contribution is 5.66. The number of hydrogen-bond acceptors (Lipinski definition) is 4. The maximum Gasteiger partial charge on any atom is 0.303 e. The molecule has 0 radical (unpaired) electrons. The highest BCUT2D eigenvalue weighted by Crippen LogP contribution is 2.42. The molecule has 0 amide bonds. The average molecular weight is 395 g/mol. The first-order valence-corrected chi connectivity index (χ1v) is 11.4. The smallest absolute Gasteiger partial charge is 0.303 e. The lowest BCUT2D eigenvalue weighted by molar-refractivity contribution is -0.137. The molecule has 0 bridgehead atoms. The number of fused-ring (bicyclic) bond motifs is 1. The summed E-state index contributed by atoms with van der Waals surface area (Å²) < 4.78 is 6.12. The van der Waals surface area contributed by atoms with Gasteiger partial charge in [0, 0.05) is 25.4 Å². The number of ether oxygens (including phenoxy) is 1. The molecule has 0 aromatic heterocycles. The number of aliphatic hydroxyl groups excluding tert-OH is 2. The van der Waals surface area contributed by atoms with Crippen LogP contribution < -0.4 is 0 Å². The molecular weight excluding hydrogens is 356 g/mol. The number of aliphatic carboxylic acids is 1. The molecule has 5 nitrogen and oxygen atoms in total. The van der Waals surface area contributed by atoms with E-state index in [1.54, 1.807) is 0 Å². The van der Waals surface area contributed by atoms with Crippen LogP contribution in [0.1, 0.15) is 77.0 Å². The van der Waals surface area contributed by atoms with E-state index in [1.165, 1.54) is 25.7 Å². The van der Waals surface area contributed by atoms with Crippen molar-refractivity contribution in [3.63, 3.8) is 0 Å². The minimum absolute atomic E-state index is 0.0592. The van der Waals surface area contributed by atoms with Crippen molar-refractivity contribution in [3.05, 3.63) is 12.2 Å². The molecule has 1 saturated heterocycles. The van der Waals surface area contributed by atoms with E-state index in [2.05, 4.69) is 0 Å². The van der Waals surface area contributed by atoms with E-state index in [0.29, 0.717) is 31.3 Å². The molecule has 6 atom stereocenters. The highest BCUT2D eigenvalue weighted by Gasteiger charge is 2.43. The van der Waals surface area contributed by atoms with Gasteiger partial charge in [0.15, 0.2) is 0 Å². The Labute approximate surface area is 169 Å². The molecule has 0 aromatic rings. The van der Waals surface area contributed by atoms with Crippen LogP contribution in [0.3, 0.4) is 0 Å². The fraction of sp³-hybridized carbons (Fsp3) is 0.870. The molecule has 3 fully saturated rings. The summed E-state index contributed by atoms with van der Waals surface area (Å²) in [6, 6.07) is 0. The van der Waals surface area contributed by atoms with Crippen molar-refractivity contribution < 1.29 is 24.9 Å². The normalized spacial score (nSPS) is 35.1. The van der Waals surface area contributed by atoms with Crippen LogP contribution in [0.2, 0.25) is 0 Å². The molecule has 3 unspecified atom stereocenters.